The first kappa shape index (κ1) is 18.7. The van der Waals surface area contributed by atoms with Gasteiger partial charge in [0, 0.05) is 6.54 Å². The summed E-state index contributed by atoms with van der Waals surface area (Å²) in [6, 6.07) is 29.4. The van der Waals surface area contributed by atoms with Crippen LogP contribution in [0.25, 0.3) is 11.1 Å². The van der Waals surface area contributed by atoms with E-state index in [4.69, 9.17) is 4.74 Å². The van der Waals surface area contributed by atoms with Gasteiger partial charge in [-0.2, -0.15) is 0 Å². The maximum atomic E-state index is 11.7. The summed E-state index contributed by atoms with van der Waals surface area (Å²) in [7, 11) is 0. The van der Waals surface area contributed by atoms with Gasteiger partial charge in [-0.1, -0.05) is 78.9 Å². The Balaban J connectivity index is 1.31. The molecule has 3 heteroatoms. The Morgan fingerprint density at radius 3 is 2.26 bits per heavy atom. The minimum atomic E-state index is -0.358. The first-order valence-electron chi connectivity index (χ1n) is 9.31. The minimum Gasteiger partial charge on any atom is -0.445 e. The molecule has 3 nitrogen and oxygen atoms in total. The zero-order valence-corrected chi connectivity index (χ0v) is 15.4. The Labute approximate surface area is 161 Å². The van der Waals surface area contributed by atoms with Crippen molar-refractivity contribution in [2.24, 2.45) is 0 Å². The maximum absolute atomic E-state index is 11.7. The Morgan fingerprint density at radius 2 is 1.52 bits per heavy atom. The second-order valence-electron chi connectivity index (χ2n) is 6.43. The molecule has 0 aromatic heterocycles. The summed E-state index contributed by atoms with van der Waals surface area (Å²) in [5.74, 6) is 0. The topological polar surface area (TPSA) is 38.3 Å². The van der Waals surface area contributed by atoms with Gasteiger partial charge in [0.2, 0.25) is 0 Å². The molecule has 3 aromatic carbocycles. The first-order chi connectivity index (χ1) is 13.3. The van der Waals surface area contributed by atoms with Crippen LogP contribution in [0.5, 0.6) is 0 Å². The standard InChI is InChI=1S/C24H24NO2/c26-24(27-19-21-10-3-1-4-11-21)25-18-8-7-9-20-14-16-23(17-15-20)22-12-5-2-6-13-22/h1,3-6,10-17H,7-9,18-19H2,(H,25,26). The average Bonchev–Trinajstić information content (AvgIpc) is 2.74. The molecule has 0 fully saturated rings. The van der Waals surface area contributed by atoms with Crippen molar-refractivity contribution >= 4 is 6.09 Å². The molecule has 0 bridgehead atoms. The van der Waals surface area contributed by atoms with Gasteiger partial charge in [0.15, 0.2) is 0 Å². The number of benzene rings is 3. The zero-order chi connectivity index (χ0) is 18.7. The molecule has 0 aliphatic rings. The fourth-order valence-electron chi connectivity index (χ4n) is 2.86. The highest BCUT2D eigenvalue weighted by molar-refractivity contribution is 5.67. The molecule has 0 spiro atoms. The van der Waals surface area contributed by atoms with Crippen LogP contribution < -0.4 is 5.32 Å². The summed E-state index contributed by atoms with van der Waals surface area (Å²) in [5, 5.41) is 2.81. The molecule has 1 N–H and O–H groups in total. The quantitative estimate of drug-likeness (QED) is 0.547. The van der Waals surface area contributed by atoms with Crippen molar-refractivity contribution < 1.29 is 9.53 Å². The predicted molar refractivity (Wildman–Crippen MR) is 108 cm³/mol. The molecule has 3 aromatic rings. The van der Waals surface area contributed by atoms with E-state index in [1.165, 1.54) is 16.7 Å². The molecule has 0 saturated carbocycles. The van der Waals surface area contributed by atoms with E-state index < -0.39 is 0 Å². The normalized spacial score (nSPS) is 10.4. The number of carbonyl (C=O) groups excluding carboxylic acids is 1. The molecule has 27 heavy (non-hydrogen) atoms. The summed E-state index contributed by atoms with van der Waals surface area (Å²) < 4.78 is 5.20. The van der Waals surface area contributed by atoms with Crippen molar-refractivity contribution in [3.05, 3.63) is 96.1 Å². The monoisotopic (exact) mass is 358 g/mol. The van der Waals surface area contributed by atoms with Gasteiger partial charge < -0.3 is 10.1 Å². The average molecular weight is 358 g/mol. The van der Waals surface area contributed by atoms with E-state index in [9.17, 15) is 4.79 Å². The van der Waals surface area contributed by atoms with E-state index in [0.717, 1.165) is 24.8 Å². The molecular formula is C24H24NO2. The van der Waals surface area contributed by atoms with Gasteiger partial charge in [-0.05, 0) is 47.6 Å². The molecule has 1 radical (unpaired) electrons. The third-order valence-corrected chi connectivity index (χ3v) is 4.38. The van der Waals surface area contributed by atoms with E-state index in [2.05, 4.69) is 47.8 Å². The van der Waals surface area contributed by atoms with E-state index in [0.29, 0.717) is 13.2 Å². The summed E-state index contributed by atoms with van der Waals surface area (Å²) in [5.41, 5.74) is 4.73. The largest absolute Gasteiger partial charge is 0.445 e. The number of nitrogens with one attached hydrogen (secondary N) is 1. The van der Waals surface area contributed by atoms with Crippen LogP contribution in [0, 0.1) is 6.07 Å². The van der Waals surface area contributed by atoms with Crippen molar-refractivity contribution in [1.29, 1.82) is 0 Å². The van der Waals surface area contributed by atoms with Gasteiger partial charge in [-0.3, -0.25) is 0 Å². The summed E-state index contributed by atoms with van der Waals surface area (Å²) in [4.78, 5) is 11.7. The van der Waals surface area contributed by atoms with E-state index in [-0.39, 0.29) is 6.09 Å². The van der Waals surface area contributed by atoms with Crippen LogP contribution in [0.1, 0.15) is 24.0 Å². The van der Waals surface area contributed by atoms with E-state index >= 15 is 0 Å². The summed E-state index contributed by atoms with van der Waals surface area (Å²) in [6.45, 7) is 0.935. The lowest BCUT2D eigenvalue weighted by Crippen LogP contribution is -2.25. The fraction of sp³-hybridized carbons (Fsp3) is 0.208. The molecule has 1 amide bonds. The molecular weight excluding hydrogens is 334 g/mol. The molecule has 3 rings (SSSR count). The van der Waals surface area contributed by atoms with Gasteiger partial charge in [0.1, 0.15) is 6.61 Å². The van der Waals surface area contributed by atoms with Crippen LogP contribution >= 0.6 is 0 Å². The predicted octanol–water partition coefficient (Wildman–Crippen LogP) is 5.40. The van der Waals surface area contributed by atoms with Gasteiger partial charge in [-0.15, -0.1) is 0 Å². The minimum absolute atomic E-state index is 0.304. The molecule has 0 aliphatic heterocycles. The van der Waals surface area contributed by atoms with Crippen molar-refractivity contribution in [1.82, 2.24) is 5.32 Å². The van der Waals surface area contributed by atoms with Crippen molar-refractivity contribution in [2.45, 2.75) is 25.9 Å². The third kappa shape index (κ3) is 6.30. The number of ether oxygens (including phenoxy) is 1. The number of carbonyl (C=O) groups is 1. The second kappa shape index (κ2) is 10.2. The maximum Gasteiger partial charge on any atom is 0.407 e. The van der Waals surface area contributed by atoms with Crippen LogP contribution in [0.2, 0.25) is 0 Å². The van der Waals surface area contributed by atoms with Crippen LogP contribution in [0.15, 0.2) is 78.9 Å². The number of aryl methyl sites for hydroxylation is 1. The lowest BCUT2D eigenvalue weighted by atomic mass is 10.0. The Morgan fingerprint density at radius 1 is 0.815 bits per heavy atom. The van der Waals surface area contributed by atoms with Gasteiger partial charge in [0.05, 0.1) is 0 Å². The van der Waals surface area contributed by atoms with Crippen LogP contribution in [-0.2, 0) is 17.8 Å². The van der Waals surface area contributed by atoms with Gasteiger partial charge >= 0.3 is 6.09 Å². The zero-order valence-electron chi connectivity index (χ0n) is 15.4. The number of amides is 1. The third-order valence-electron chi connectivity index (χ3n) is 4.38. The van der Waals surface area contributed by atoms with Crippen molar-refractivity contribution in [2.75, 3.05) is 6.54 Å². The highest BCUT2D eigenvalue weighted by Crippen LogP contribution is 2.19. The van der Waals surface area contributed by atoms with Crippen molar-refractivity contribution in [3.8, 4) is 11.1 Å². The number of rotatable bonds is 8. The highest BCUT2D eigenvalue weighted by Gasteiger charge is 2.02. The van der Waals surface area contributed by atoms with E-state index in [1.807, 2.05) is 42.5 Å². The van der Waals surface area contributed by atoms with Crippen LogP contribution in [-0.4, -0.2) is 12.6 Å². The lowest BCUT2D eigenvalue weighted by Gasteiger charge is -2.07. The molecule has 0 saturated heterocycles. The van der Waals surface area contributed by atoms with Crippen LogP contribution in [0.3, 0.4) is 0 Å². The number of hydrogen-bond acceptors (Lipinski definition) is 2. The Kier molecular flexibility index (Phi) is 7.05. The summed E-state index contributed by atoms with van der Waals surface area (Å²) in [6.07, 6.45) is 2.60. The lowest BCUT2D eigenvalue weighted by molar-refractivity contribution is 0.139. The molecule has 0 heterocycles. The van der Waals surface area contributed by atoms with E-state index in [1.54, 1.807) is 0 Å². The molecule has 0 unspecified atom stereocenters. The molecule has 137 valence electrons. The fourth-order valence-corrected chi connectivity index (χ4v) is 2.86. The smallest absolute Gasteiger partial charge is 0.407 e. The molecule has 0 atom stereocenters. The number of unbranched alkanes of at least 4 members (excludes halogenated alkanes) is 1. The Bertz CT molecular complexity index is 814. The number of hydrogen-bond donors (Lipinski definition) is 1. The highest BCUT2D eigenvalue weighted by atomic mass is 16.5. The van der Waals surface area contributed by atoms with Crippen molar-refractivity contribution in [3.63, 3.8) is 0 Å². The first-order valence-corrected chi connectivity index (χ1v) is 9.31. The summed E-state index contributed by atoms with van der Waals surface area (Å²) >= 11 is 0. The van der Waals surface area contributed by atoms with Crippen LogP contribution in [0.4, 0.5) is 4.79 Å². The Hall–Kier alpha value is -3.07. The van der Waals surface area contributed by atoms with Gasteiger partial charge in [0.25, 0.3) is 0 Å². The SMILES string of the molecule is O=C(NCCCCc1ccc(-c2cc[c]cc2)cc1)OCc1ccccc1. The second-order valence-corrected chi connectivity index (χ2v) is 6.43. The van der Waals surface area contributed by atoms with Gasteiger partial charge in [-0.25, -0.2) is 4.79 Å². The molecule has 0 aliphatic carbocycles. The number of alkyl carbamates (subject to hydrolysis) is 1.